The summed E-state index contributed by atoms with van der Waals surface area (Å²) in [7, 11) is 1.53. The normalized spacial score (nSPS) is 10.6. The lowest BCUT2D eigenvalue weighted by atomic mass is 10.1. The van der Waals surface area contributed by atoms with Crippen molar-refractivity contribution in [3.05, 3.63) is 59.8 Å². The van der Waals surface area contributed by atoms with Crippen molar-refractivity contribution in [3.63, 3.8) is 0 Å². The minimum atomic E-state index is -0.779. The van der Waals surface area contributed by atoms with Crippen molar-refractivity contribution in [1.82, 2.24) is 4.98 Å². The molecule has 0 bridgehead atoms. The predicted octanol–water partition coefficient (Wildman–Crippen LogP) is 4.44. The highest BCUT2D eigenvalue weighted by atomic mass is 19.1. The Labute approximate surface area is 148 Å². The highest BCUT2D eigenvalue weighted by molar-refractivity contribution is 6.06. The van der Waals surface area contributed by atoms with Gasteiger partial charge in [-0.05, 0) is 31.2 Å². The van der Waals surface area contributed by atoms with Crippen LogP contribution < -0.4 is 10.1 Å². The van der Waals surface area contributed by atoms with Gasteiger partial charge in [-0.3, -0.25) is 4.98 Å². The molecule has 0 fully saturated rings. The van der Waals surface area contributed by atoms with Gasteiger partial charge in [-0.15, -0.1) is 0 Å². The third-order valence-corrected chi connectivity index (χ3v) is 3.76. The Bertz CT molecular complexity index is 976. The van der Waals surface area contributed by atoms with Crippen LogP contribution >= 0.6 is 0 Å². The van der Waals surface area contributed by atoms with Crippen LogP contribution in [0.5, 0.6) is 5.75 Å². The van der Waals surface area contributed by atoms with E-state index in [2.05, 4.69) is 10.3 Å². The maximum absolute atomic E-state index is 14.1. The molecule has 0 aliphatic rings. The van der Waals surface area contributed by atoms with Crippen molar-refractivity contribution in [3.8, 4) is 5.75 Å². The second-order valence-corrected chi connectivity index (χ2v) is 5.40. The van der Waals surface area contributed by atoms with Gasteiger partial charge in [0.2, 0.25) is 0 Å². The third-order valence-electron chi connectivity index (χ3n) is 3.76. The number of nitrogens with one attached hydrogen (secondary N) is 1. The minimum absolute atomic E-state index is 0.0280. The first-order valence-corrected chi connectivity index (χ1v) is 7.89. The topological polar surface area (TPSA) is 60.5 Å². The minimum Gasteiger partial charge on any atom is -0.497 e. The fourth-order valence-corrected chi connectivity index (χ4v) is 2.52. The number of esters is 1. The van der Waals surface area contributed by atoms with Crippen molar-refractivity contribution in [2.45, 2.75) is 6.92 Å². The van der Waals surface area contributed by atoms with Gasteiger partial charge in [-0.2, -0.15) is 0 Å². The lowest BCUT2D eigenvalue weighted by molar-refractivity contribution is 0.0527. The monoisotopic (exact) mass is 358 g/mol. The maximum Gasteiger partial charge on any atom is 0.341 e. The van der Waals surface area contributed by atoms with Crippen LogP contribution in [0.1, 0.15) is 17.3 Å². The van der Waals surface area contributed by atoms with E-state index in [1.54, 1.807) is 25.1 Å². The molecule has 134 valence electrons. The van der Waals surface area contributed by atoms with Gasteiger partial charge in [0, 0.05) is 23.7 Å². The average Bonchev–Trinajstić information content (AvgIpc) is 2.63. The van der Waals surface area contributed by atoms with Gasteiger partial charge in [0.05, 0.1) is 30.6 Å². The van der Waals surface area contributed by atoms with E-state index in [9.17, 15) is 13.6 Å². The summed E-state index contributed by atoms with van der Waals surface area (Å²) < 4.78 is 37.5. The van der Waals surface area contributed by atoms with E-state index >= 15 is 0 Å². The first-order valence-electron chi connectivity index (χ1n) is 7.89. The summed E-state index contributed by atoms with van der Waals surface area (Å²) >= 11 is 0. The van der Waals surface area contributed by atoms with E-state index in [4.69, 9.17) is 9.47 Å². The molecule has 0 radical (unpaired) electrons. The number of hydrogen-bond donors (Lipinski definition) is 1. The molecule has 0 atom stereocenters. The van der Waals surface area contributed by atoms with Gasteiger partial charge in [-0.25, -0.2) is 13.6 Å². The number of anilines is 2. The number of ether oxygens (including phenoxy) is 2. The van der Waals surface area contributed by atoms with Crippen molar-refractivity contribution >= 4 is 28.2 Å². The summed E-state index contributed by atoms with van der Waals surface area (Å²) in [6, 6.07) is 8.24. The van der Waals surface area contributed by atoms with Crippen molar-refractivity contribution in [2.75, 3.05) is 19.0 Å². The van der Waals surface area contributed by atoms with Gasteiger partial charge in [0.15, 0.2) is 0 Å². The Morgan fingerprint density at radius 1 is 1.19 bits per heavy atom. The lowest BCUT2D eigenvalue weighted by Crippen LogP contribution is -2.10. The number of rotatable bonds is 5. The number of carbonyl (C=O) groups is 1. The van der Waals surface area contributed by atoms with E-state index in [1.807, 2.05) is 0 Å². The maximum atomic E-state index is 14.1. The average molecular weight is 358 g/mol. The van der Waals surface area contributed by atoms with Gasteiger partial charge in [0.1, 0.15) is 22.9 Å². The van der Waals surface area contributed by atoms with Gasteiger partial charge >= 0.3 is 5.97 Å². The smallest absolute Gasteiger partial charge is 0.341 e. The molecule has 2 aromatic carbocycles. The van der Waals surface area contributed by atoms with E-state index in [0.29, 0.717) is 22.3 Å². The van der Waals surface area contributed by atoms with Gasteiger partial charge in [-0.1, -0.05) is 0 Å². The number of halogens is 2. The Hall–Kier alpha value is -3.22. The Kier molecular flexibility index (Phi) is 4.97. The number of hydrogen-bond acceptors (Lipinski definition) is 5. The van der Waals surface area contributed by atoms with Crippen LogP contribution in [0.2, 0.25) is 0 Å². The van der Waals surface area contributed by atoms with Crippen molar-refractivity contribution < 1.29 is 23.0 Å². The number of aromatic nitrogens is 1. The van der Waals surface area contributed by atoms with Crippen LogP contribution in [-0.2, 0) is 4.74 Å². The molecule has 1 N–H and O–H groups in total. The Balaban J connectivity index is 2.17. The SMILES string of the molecule is CCOC(=O)c1cnc2cc(OC)ccc2c1Nc1ccc(F)cc1F. The van der Waals surface area contributed by atoms with Crippen LogP contribution in [0.4, 0.5) is 20.2 Å². The van der Waals surface area contributed by atoms with E-state index < -0.39 is 17.6 Å². The summed E-state index contributed by atoms with van der Waals surface area (Å²) in [5.74, 6) is -1.48. The first kappa shape index (κ1) is 17.6. The molecule has 3 aromatic rings. The van der Waals surface area contributed by atoms with Crippen molar-refractivity contribution in [1.29, 1.82) is 0 Å². The molecule has 0 aliphatic heterocycles. The molecule has 0 saturated carbocycles. The van der Waals surface area contributed by atoms with Crippen LogP contribution in [0.25, 0.3) is 10.9 Å². The molecule has 26 heavy (non-hydrogen) atoms. The summed E-state index contributed by atoms with van der Waals surface area (Å²) in [4.78, 5) is 16.5. The summed E-state index contributed by atoms with van der Waals surface area (Å²) in [5, 5.41) is 3.43. The number of carbonyl (C=O) groups excluding carboxylic acids is 1. The molecule has 5 nitrogen and oxygen atoms in total. The second kappa shape index (κ2) is 7.35. The van der Waals surface area contributed by atoms with E-state index in [1.165, 1.54) is 19.4 Å². The Morgan fingerprint density at radius 3 is 2.69 bits per heavy atom. The largest absolute Gasteiger partial charge is 0.497 e. The molecular weight excluding hydrogens is 342 g/mol. The van der Waals surface area contributed by atoms with Gasteiger partial charge < -0.3 is 14.8 Å². The first-order chi connectivity index (χ1) is 12.5. The number of pyridine rings is 1. The van der Waals surface area contributed by atoms with Crippen LogP contribution in [0, 0.1) is 11.6 Å². The zero-order valence-corrected chi connectivity index (χ0v) is 14.2. The predicted molar refractivity (Wildman–Crippen MR) is 93.9 cm³/mol. The highest BCUT2D eigenvalue weighted by Crippen LogP contribution is 2.32. The number of fused-ring (bicyclic) bond motifs is 1. The molecule has 0 saturated heterocycles. The summed E-state index contributed by atoms with van der Waals surface area (Å²) in [6.45, 7) is 1.87. The fraction of sp³-hybridized carbons (Fsp3) is 0.158. The highest BCUT2D eigenvalue weighted by Gasteiger charge is 2.18. The van der Waals surface area contributed by atoms with Crippen LogP contribution in [0.15, 0.2) is 42.6 Å². The van der Waals surface area contributed by atoms with Gasteiger partial charge in [0.25, 0.3) is 0 Å². The Morgan fingerprint density at radius 2 is 2.00 bits per heavy atom. The molecule has 3 rings (SSSR count). The fourth-order valence-electron chi connectivity index (χ4n) is 2.52. The van der Waals surface area contributed by atoms with Crippen LogP contribution in [0.3, 0.4) is 0 Å². The molecule has 1 heterocycles. The van der Waals surface area contributed by atoms with Crippen molar-refractivity contribution in [2.24, 2.45) is 0 Å². The molecule has 7 heteroatoms. The number of methoxy groups -OCH3 is 1. The van der Waals surface area contributed by atoms with E-state index in [0.717, 1.165) is 12.1 Å². The molecule has 0 aliphatic carbocycles. The molecule has 1 aromatic heterocycles. The lowest BCUT2D eigenvalue weighted by Gasteiger charge is -2.15. The zero-order chi connectivity index (χ0) is 18.7. The number of nitrogens with zero attached hydrogens (tertiary/aromatic N) is 1. The summed E-state index contributed by atoms with van der Waals surface area (Å²) in [6.07, 6.45) is 1.35. The molecule has 0 amide bonds. The number of benzene rings is 2. The zero-order valence-electron chi connectivity index (χ0n) is 14.2. The molecule has 0 unspecified atom stereocenters. The quantitative estimate of drug-likeness (QED) is 0.683. The molecule has 0 spiro atoms. The third kappa shape index (κ3) is 3.42. The second-order valence-electron chi connectivity index (χ2n) is 5.40. The standard InChI is InChI=1S/C19H16F2N2O3/c1-3-26-19(24)14-10-22-17-9-12(25-2)5-6-13(17)18(14)23-16-7-4-11(20)8-15(16)21/h4-10H,3H2,1-2H3,(H,22,23). The van der Waals surface area contributed by atoms with Crippen LogP contribution in [-0.4, -0.2) is 24.7 Å². The molecular formula is C19H16F2N2O3. The summed E-state index contributed by atoms with van der Waals surface area (Å²) in [5.41, 5.74) is 1.04. The van der Waals surface area contributed by atoms with E-state index in [-0.39, 0.29) is 17.9 Å².